The predicted octanol–water partition coefficient (Wildman–Crippen LogP) is 0.654. The van der Waals surface area contributed by atoms with Gasteiger partial charge < -0.3 is 10.2 Å². The largest absolute Gasteiger partial charge is 0.416 e. The van der Waals surface area contributed by atoms with E-state index in [0.717, 1.165) is 24.6 Å². The van der Waals surface area contributed by atoms with Gasteiger partial charge in [-0.1, -0.05) is 13.0 Å². The molecule has 1 aromatic rings. The molecule has 0 bridgehead atoms. The van der Waals surface area contributed by atoms with E-state index in [1.165, 1.54) is 4.90 Å². The fraction of sp³-hybridized carbons (Fsp3) is 0.556. The molecular formula is C18H25F3N4O4S. The van der Waals surface area contributed by atoms with Gasteiger partial charge in [0.05, 0.1) is 23.5 Å². The van der Waals surface area contributed by atoms with Crippen molar-refractivity contribution in [3.8, 4) is 0 Å². The van der Waals surface area contributed by atoms with Crippen LogP contribution in [0.3, 0.4) is 0 Å². The van der Waals surface area contributed by atoms with Gasteiger partial charge in [0.1, 0.15) is 0 Å². The van der Waals surface area contributed by atoms with Gasteiger partial charge in [0.15, 0.2) is 0 Å². The Labute approximate surface area is 173 Å². The minimum Gasteiger partial charge on any atom is -0.355 e. The predicted molar refractivity (Wildman–Crippen MR) is 103 cm³/mol. The van der Waals surface area contributed by atoms with E-state index in [-0.39, 0.29) is 12.5 Å². The van der Waals surface area contributed by atoms with Crippen molar-refractivity contribution < 1.29 is 31.2 Å². The normalized spacial score (nSPS) is 15.8. The average Bonchev–Trinajstić information content (AvgIpc) is 2.70. The topological polar surface area (TPSA) is 98.8 Å². The molecule has 0 spiro atoms. The number of benzene rings is 1. The van der Waals surface area contributed by atoms with E-state index < -0.39 is 39.1 Å². The van der Waals surface area contributed by atoms with Crippen LogP contribution in [-0.2, 0) is 25.8 Å². The molecule has 1 saturated heterocycles. The highest BCUT2D eigenvalue weighted by atomic mass is 32.2. The van der Waals surface area contributed by atoms with Crippen LogP contribution in [0.2, 0.25) is 0 Å². The van der Waals surface area contributed by atoms with Crippen molar-refractivity contribution in [2.24, 2.45) is 0 Å². The molecule has 8 nitrogen and oxygen atoms in total. The van der Waals surface area contributed by atoms with Crippen molar-refractivity contribution in [2.45, 2.75) is 24.4 Å². The number of rotatable bonds is 8. The molecule has 1 aromatic carbocycles. The Balaban J connectivity index is 1.85. The van der Waals surface area contributed by atoms with E-state index in [1.807, 2.05) is 11.8 Å². The Morgan fingerprint density at radius 3 is 2.40 bits per heavy atom. The Bertz CT molecular complexity index is 853. The summed E-state index contributed by atoms with van der Waals surface area (Å²) in [5.41, 5.74) is -1.09. The maximum atomic E-state index is 12.8. The van der Waals surface area contributed by atoms with Gasteiger partial charge in [-0.25, -0.2) is 13.1 Å². The molecule has 1 heterocycles. The fourth-order valence-electron chi connectivity index (χ4n) is 2.87. The number of nitrogens with zero attached hydrogens (tertiary/aromatic N) is 2. The number of sulfonamides is 1. The molecule has 0 atom stereocenters. The van der Waals surface area contributed by atoms with E-state index in [9.17, 15) is 31.2 Å². The quantitative estimate of drug-likeness (QED) is 0.606. The maximum absolute atomic E-state index is 12.8. The van der Waals surface area contributed by atoms with Crippen LogP contribution >= 0.6 is 0 Å². The average molecular weight is 450 g/mol. The zero-order valence-electron chi connectivity index (χ0n) is 16.5. The van der Waals surface area contributed by atoms with Crippen LogP contribution in [0.1, 0.15) is 18.9 Å². The molecule has 30 heavy (non-hydrogen) atoms. The first-order valence-electron chi connectivity index (χ1n) is 9.46. The highest BCUT2D eigenvalue weighted by Crippen LogP contribution is 2.30. The van der Waals surface area contributed by atoms with Gasteiger partial charge in [0.25, 0.3) is 0 Å². The molecule has 0 unspecified atom stereocenters. The molecule has 2 amide bonds. The van der Waals surface area contributed by atoms with Crippen molar-refractivity contribution in [3.05, 3.63) is 29.8 Å². The number of halogens is 3. The van der Waals surface area contributed by atoms with Crippen LogP contribution in [0.25, 0.3) is 0 Å². The minimum atomic E-state index is -4.67. The highest BCUT2D eigenvalue weighted by Gasteiger charge is 2.32. The Hall–Kier alpha value is -2.18. The Kier molecular flexibility index (Phi) is 8.21. The Morgan fingerprint density at radius 1 is 1.13 bits per heavy atom. The summed E-state index contributed by atoms with van der Waals surface area (Å²) in [4.78, 5) is 26.8. The van der Waals surface area contributed by atoms with Gasteiger partial charge in [0.2, 0.25) is 21.8 Å². The summed E-state index contributed by atoms with van der Waals surface area (Å²) in [5, 5.41) is 2.77. The molecule has 0 saturated carbocycles. The van der Waals surface area contributed by atoms with Gasteiger partial charge in [-0.3, -0.25) is 14.5 Å². The van der Waals surface area contributed by atoms with E-state index in [1.54, 1.807) is 0 Å². The van der Waals surface area contributed by atoms with E-state index >= 15 is 0 Å². The van der Waals surface area contributed by atoms with Crippen molar-refractivity contribution in [2.75, 3.05) is 45.8 Å². The third-order valence-corrected chi connectivity index (χ3v) is 5.95. The molecular weight excluding hydrogens is 425 g/mol. The van der Waals surface area contributed by atoms with Gasteiger partial charge in [0, 0.05) is 32.7 Å². The van der Waals surface area contributed by atoms with Crippen LogP contribution < -0.4 is 10.0 Å². The van der Waals surface area contributed by atoms with Gasteiger partial charge in [-0.2, -0.15) is 13.2 Å². The molecule has 168 valence electrons. The first-order valence-corrected chi connectivity index (χ1v) is 10.9. The van der Waals surface area contributed by atoms with E-state index in [4.69, 9.17) is 0 Å². The van der Waals surface area contributed by atoms with Crippen LogP contribution in [0.4, 0.5) is 13.2 Å². The molecule has 12 heteroatoms. The van der Waals surface area contributed by atoms with Crippen LogP contribution in [-0.4, -0.2) is 75.8 Å². The Morgan fingerprint density at radius 2 is 1.80 bits per heavy atom. The number of nitrogens with one attached hydrogen (secondary N) is 2. The summed E-state index contributed by atoms with van der Waals surface area (Å²) in [6.45, 7) is 3.79. The number of hydrogen-bond donors (Lipinski definition) is 2. The number of carbonyl (C=O) groups excluding carboxylic acids is 2. The molecule has 2 N–H and O–H groups in total. The van der Waals surface area contributed by atoms with Crippen molar-refractivity contribution in [1.82, 2.24) is 19.8 Å². The van der Waals surface area contributed by atoms with E-state index in [0.29, 0.717) is 38.8 Å². The summed E-state index contributed by atoms with van der Waals surface area (Å²) in [6, 6.07) is 3.32. The summed E-state index contributed by atoms with van der Waals surface area (Å²) in [6.07, 6.45) is -3.83. The highest BCUT2D eigenvalue weighted by molar-refractivity contribution is 7.89. The lowest BCUT2D eigenvalue weighted by Gasteiger charge is -2.34. The van der Waals surface area contributed by atoms with E-state index in [2.05, 4.69) is 10.0 Å². The second-order valence-electron chi connectivity index (χ2n) is 6.86. The number of alkyl halides is 3. The summed E-state index contributed by atoms with van der Waals surface area (Å²) < 4.78 is 64.9. The first kappa shape index (κ1) is 24.1. The zero-order valence-corrected chi connectivity index (χ0v) is 17.4. The monoisotopic (exact) mass is 450 g/mol. The number of carbonyl (C=O) groups is 2. The van der Waals surface area contributed by atoms with Gasteiger partial charge >= 0.3 is 6.18 Å². The molecule has 1 aliphatic rings. The number of hydrogen-bond acceptors (Lipinski definition) is 5. The molecule has 1 aliphatic heterocycles. The van der Waals surface area contributed by atoms with Crippen LogP contribution in [0.15, 0.2) is 29.2 Å². The second kappa shape index (κ2) is 10.2. The van der Waals surface area contributed by atoms with Crippen molar-refractivity contribution in [3.63, 3.8) is 0 Å². The molecule has 0 aromatic heterocycles. The summed E-state index contributed by atoms with van der Waals surface area (Å²) in [5.74, 6) is -0.578. The number of piperazine rings is 1. The molecule has 0 radical (unpaired) electrons. The van der Waals surface area contributed by atoms with Crippen LogP contribution in [0.5, 0.6) is 0 Å². The number of amides is 2. The lowest BCUT2D eigenvalue weighted by Crippen LogP contribution is -2.52. The van der Waals surface area contributed by atoms with Gasteiger partial charge in [-0.05, 0) is 24.6 Å². The third kappa shape index (κ3) is 6.96. The van der Waals surface area contributed by atoms with Crippen LogP contribution in [0, 0.1) is 0 Å². The summed E-state index contributed by atoms with van der Waals surface area (Å²) >= 11 is 0. The standard InChI is InChI=1S/C18H25F3N4O4S/c1-2-6-22-16(26)13-24-7-9-25(10-8-24)17(27)12-23-30(28,29)15-5-3-4-14(11-15)18(19,20)21/h3-5,11,23H,2,6-10,12-13H2,1H3,(H,22,26). The van der Waals surface area contributed by atoms with Crippen molar-refractivity contribution >= 4 is 21.8 Å². The minimum absolute atomic E-state index is 0.0922. The maximum Gasteiger partial charge on any atom is 0.416 e. The molecule has 0 aliphatic carbocycles. The third-order valence-electron chi connectivity index (χ3n) is 4.55. The van der Waals surface area contributed by atoms with Gasteiger partial charge in [-0.15, -0.1) is 0 Å². The zero-order chi connectivity index (χ0) is 22.4. The summed E-state index contributed by atoms with van der Waals surface area (Å²) in [7, 11) is -4.27. The fourth-order valence-corrected chi connectivity index (χ4v) is 3.89. The molecule has 1 fully saturated rings. The lowest BCUT2D eigenvalue weighted by atomic mass is 10.2. The second-order valence-corrected chi connectivity index (χ2v) is 8.62. The molecule has 2 rings (SSSR count). The first-order chi connectivity index (χ1) is 14.0. The lowest BCUT2D eigenvalue weighted by molar-refractivity contribution is -0.137. The smallest absolute Gasteiger partial charge is 0.355 e. The van der Waals surface area contributed by atoms with Crippen molar-refractivity contribution in [1.29, 1.82) is 0 Å². The SMILES string of the molecule is CCCNC(=O)CN1CCN(C(=O)CNS(=O)(=O)c2cccc(C(F)(F)F)c2)CC1.